The van der Waals surface area contributed by atoms with E-state index in [0.717, 1.165) is 23.3 Å². The summed E-state index contributed by atoms with van der Waals surface area (Å²) in [5, 5.41) is 12.4. The number of amides is 3. The van der Waals surface area contributed by atoms with Crippen LogP contribution in [-0.4, -0.2) is 27.1 Å². The van der Waals surface area contributed by atoms with Gasteiger partial charge in [-0.25, -0.2) is 14.8 Å². The molecular weight excluding hydrogens is 404 g/mol. The molecular formula is C20H24N6O3S. The molecule has 3 aromatic heterocycles. The molecule has 0 aromatic carbocycles. The van der Waals surface area contributed by atoms with Gasteiger partial charge in [0.25, 0.3) is 0 Å². The van der Waals surface area contributed by atoms with Crippen LogP contribution in [0.3, 0.4) is 0 Å². The lowest BCUT2D eigenvalue weighted by Crippen LogP contribution is -2.19. The molecule has 3 rings (SSSR count). The molecule has 3 N–H and O–H groups in total. The number of thiazole rings is 1. The summed E-state index contributed by atoms with van der Waals surface area (Å²) in [6.07, 6.45) is 4.92. The molecule has 10 heteroatoms. The van der Waals surface area contributed by atoms with Gasteiger partial charge in [0, 0.05) is 35.7 Å². The minimum absolute atomic E-state index is 0.156. The van der Waals surface area contributed by atoms with Crippen molar-refractivity contribution in [1.29, 1.82) is 0 Å². The first-order valence-electron chi connectivity index (χ1n) is 9.41. The van der Waals surface area contributed by atoms with Gasteiger partial charge >= 0.3 is 6.03 Å². The number of carbonyl (C=O) groups is 2. The van der Waals surface area contributed by atoms with Crippen LogP contribution in [0.25, 0.3) is 0 Å². The van der Waals surface area contributed by atoms with Crippen molar-refractivity contribution >= 4 is 40.0 Å². The van der Waals surface area contributed by atoms with Crippen molar-refractivity contribution < 1.29 is 14.1 Å². The first-order chi connectivity index (χ1) is 14.2. The van der Waals surface area contributed by atoms with Gasteiger partial charge in [-0.05, 0) is 30.5 Å². The number of carbonyl (C=O) groups excluding carboxylic acids is 2. The van der Waals surface area contributed by atoms with E-state index in [-0.39, 0.29) is 11.3 Å². The van der Waals surface area contributed by atoms with Crippen molar-refractivity contribution in [2.75, 3.05) is 16.0 Å². The number of pyridine rings is 1. The molecule has 0 spiro atoms. The topological polar surface area (TPSA) is 122 Å². The third kappa shape index (κ3) is 6.11. The second-order valence-corrected chi connectivity index (χ2v) is 8.88. The Morgan fingerprint density at radius 3 is 2.57 bits per heavy atom. The Hall–Kier alpha value is -3.27. The van der Waals surface area contributed by atoms with E-state index in [9.17, 15) is 9.59 Å². The van der Waals surface area contributed by atoms with Gasteiger partial charge in [-0.15, -0.1) is 11.3 Å². The van der Waals surface area contributed by atoms with E-state index in [2.05, 4.69) is 31.1 Å². The van der Waals surface area contributed by atoms with Gasteiger partial charge < -0.3 is 9.84 Å². The molecule has 3 amide bonds. The first-order valence-corrected chi connectivity index (χ1v) is 10.2. The number of aromatic nitrogens is 3. The van der Waals surface area contributed by atoms with Crippen molar-refractivity contribution in [2.24, 2.45) is 0 Å². The van der Waals surface area contributed by atoms with Crippen molar-refractivity contribution in [3.8, 4) is 0 Å². The van der Waals surface area contributed by atoms with Crippen LogP contribution in [0.15, 0.2) is 35.1 Å². The van der Waals surface area contributed by atoms with E-state index in [0.29, 0.717) is 22.5 Å². The molecule has 0 fully saturated rings. The Labute approximate surface area is 178 Å². The number of aryl methyl sites for hydroxylation is 2. The average Bonchev–Trinajstić information content (AvgIpc) is 3.29. The quantitative estimate of drug-likeness (QED) is 0.540. The third-order valence-corrected chi connectivity index (χ3v) is 5.03. The number of nitrogens with zero attached hydrogens (tertiary/aromatic N) is 3. The lowest BCUT2D eigenvalue weighted by atomic mass is 9.93. The molecule has 158 valence electrons. The summed E-state index contributed by atoms with van der Waals surface area (Å²) in [5.41, 5.74) is 0.862. The number of hydrogen-bond acceptors (Lipinski definition) is 7. The van der Waals surface area contributed by atoms with E-state index >= 15 is 0 Å². The summed E-state index contributed by atoms with van der Waals surface area (Å²) >= 11 is 1.40. The molecule has 3 aromatic rings. The predicted octanol–water partition coefficient (Wildman–Crippen LogP) is 4.21. The molecule has 0 bridgehead atoms. The Balaban J connectivity index is 1.52. The minimum atomic E-state index is -0.432. The average molecular weight is 429 g/mol. The molecule has 9 nitrogen and oxygen atoms in total. The van der Waals surface area contributed by atoms with Crippen molar-refractivity contribution in [3.63, 3.8) is 0 Å². The molecule has 0 aliphatic rings. The lowest BCUT2D eigenvalue weighted by Gasteiger charge is -2.12. The van der Waals surface area contributed by atoms with Crippen molar-refractivity contribution in [2.45, 2.75) is 46.0 Å². The Morgan fingerprint density at radius 2 is 1.87 bits per heavy atom. The summed E-state index contributed by atoms with van der Waals surface area (Å²) in [7, 11) is 0. The van der Waals surface area contributed by atoms with Gasteiger partial charge in [-0.2, -0.15) is 0 Å². The molecule has 0 aliphatic carbocycles. The number of urea groups is 1. The van der Waals surface area contributed by atoms with Gasteiger partial charge in [0.2, 0.25) is 5.91 Å². The maximum atomic E-state index is 12.2. The normalized spacial score (nSPS) is 11.2. The first kappa shape index (κ1) is 21.4. The fourth-order valence-corrected chi connectivity index (χ4v) is 3.37. The Bertz CT molecular complexity index is 1040. The molecule has 0 saturated carbocycles. The maximum Gasteiger partial charge on any atom is 0.326 e. The highest BCUT2D eigenvalue weighted by Gasteiger charge is 2.20. The molecule has 3 heterocycles. The highest BCUT2D eigenvalue weighted by atomic mass is 32.1. The third-order valence-electron chi connectivity index (χ3n) is 4.05. The molecule has 0 atom stereocenters. The highest BCUT2D eigenvalue weighted by molar-refractivity contribution is 7.15. The van der Waals surface area contributed by atoms with Gasteiger partial charge in [0.05, 0.1) is 0 Å². The lowest BCUT2D eigenvalue weighted by molar-refractivity contribution is -0.114. The smallest absolute Gasteiger partial charge is 0.326 e. The van der Waals surface area contributed by atoms with E-state index in [1.807, 2.05) is 32.9 Å². The second-order valence-electron chi connectivity index (χ2n) is 7.77. The van der Waals surface area contributed by atoms with Crippen LogP contribution in [0.4, 0.5) is 21.6 Å². The van der Waals surface area contributed by atoms with Gasteiger partial charge in [0.15, 0.2) is 10.9 Å². The SMILES string of the molecule is CC(=O)Nc1cc(CCc2cnc(NC(=O)Nc3cc(C(C)(C)C)on3)s2)ccn1. The maximum absolute atomic E-state index is 12.2. The van der Waals surface area contributed by atoms with Crippen molar-refractivity contribution in [1.82, 2.24) is 15.1 Å². The molecule has 0 aliphatic heterocycles. The monoisotopic (exact) mass is 428 g/mol. The van der Waals surface area contributed by atoms with Crippen LogP contribution in [0.5, 0.6) is 0 Å². The number of hydrogen-bond donors (Lipinski definition) is 3. The Kier molecular flexibility index (Phi) is 6.46. The Morgan fingerprint density at radius 1 is 1.07 bits per heavy atom. The summed E-state index contributed by atoms with van der Waals surface area (Å²) in [6, 6.07) is 5.02. The summed E-state index contributed by atoms with van der Waals surface area (Å²) in [4.78, 5) is 32.7. The van der Waals surface area contributed by atoms with Crippen LogP contribution in [0.1, 0.15) is 43.9 Å². The zero-order chi connectivity index (χ0) is 21.7. The zero-order valence-electron chi connectivity index (χ0n) is 17.3. The minimum Gasteiger partial charge on any atom is -0.359 e. The van der Waals surface area contributed by atoms with Gasteiger partial charge in [-0.1, -0.05) is 25.9 Å². The van der Waals surface area contributed by atoms with E-state index in [1.54, 1.807) is 18.5 Å². The predicted molar refractivity (Wildman–Crippen MR) is 116 cm³/mol. The summed E-state index contributed by atoms with van der Waals surface area (Å²) in [5.74, 6) is 1.41. The fourth-order valence-electron chi connectivity index (χ4n) is 2.56. The van der Waals surface area contributed by atoms with E-state index < -0.39 is 6.03 Å². The van der Waals surface area contributed by atoms with Crippen LogP contribution in [0.2, 0.25) is 0 Å². The van der Waals surface area contributed by atoms with Crippen molar-refractivity contribution in [3.05, 3.63) is 46.8 Å². The summed E-state index contributed by atoms with van der Waals surface area (Å²) < 4.78 is 5.25. The molecule has 0 saturated heterocycles. The zero-order valence-corrected chi connectivity index (χ0v) is 18.1. The van der Waals surface area contributed by atoms with Crippen LogP contribution in [0, 0.1) is 0 Å². The number of nitrogens with one attached hydrogen (secondary N) is 3. The van der Waals surface area contributed by atoms with Crippen LogP contribution in [-0.2, 0) is 23.1 Å². The molecule has 0 radical (unpaired) electrons. The highest BCUT2D eigenvalue weighted by Crippen LogP contribution is 2.25. The molecule has 30 heavy (non-hydrogen) atoms. The van der Waals surface area contributed by atoms with Crippen LogP contribution < -0.4 is 16.0 Å². The van der Waals surface area contributed by atoms with Gasteiger partial charge in [-0.3, -0.25) is 15.4 Å². The number of anilines is 3. The fraction of sp³-hybridized carbons (Fsp3) is 0.350. The molecule has 0 unspecified atom stereocenters. The van der Waals surface area contributed by atoms with E-state index in [1.165, 1.54) is 18.3 Å². The number of rotatable bonds is 6. The van der Waals surface area contributed by atoms with Gasteiger partial charge in [0.1, 0.15) is 11.6 Å². The standard InChI is InChI=1S/C20H24N6O3S/c1-12(27)23-16-9-13(7-8-21-16)5-6-14-11-22-19(30-14)25-18(28)24-17-10-15(29-26-17)20(2,3)4/h7-11H,5-6H2,1-4H3,(H,21,23,27)(H2,22,24,25,26,28). The van der Waals surface area contributed by atoms with Crippen LogP contribution >= 0.6 is 11.3 Å². The largest absolute Gasteiger partial charge is 0.359 e. The second kappa shape index (κ2) is 9.04. The van der Waals surface area contributed by atoms with E-state index in [4.69, 9.17) is 4.52 Å². The summed E-state index contributed by atoms with van der Waals surface area (Å²) in [6.45, 7) is 7.45.